The Kier molecular flexibility index (Phi) is 2.78. The fourth-order valence-electron chi connectivity index (χ4n) is 1.29. The topological polar surface area (TPSA) is 82.1 Å². The minimum Gasteiger partial charge on any atom is -0.465 e. The van der Waals surface area contributed by atoms with Crippen molar-refractivity contribution >= 4 is 33.2 Å². The van der Waals surface area contributed by atoms with Gasteiger partial charge in [-0.25, -0.2) is 14.8 Å². The highest BCUT2D eigenvalue weighted by Gasteiger charge is 2.10. The van der Waals surface area contributed by atoms with Crippen molar-refractivity contribution in [3.63, 3.8) is 0 Å². The molecule has 1 amide bonds. The van der Waals surface area contributed by atoms with Crippen LogP contribution in [-0.2, 0) is 6.54 Å². The number of rotatable bonds is 2. The molecule has 0 aliphatic carbocycles. The van der Waals surface area contributed by atoms with E-state index in [0.29, 0.717) is 11.5 Å². The number of hydrogen-bond acceptors (Lipinski definition) is 3. The van der Waals surface area contributed by atoms with Gasteiger partial charge in [0.25, 0.3) is 0 Å². The van der Waals surface area contributed by atoms with Gasteiger partial charge in [0.15, 0.2) is 5.65 Å². The van der Waals surface area contributed by atoms with Gasteiger partial charge < -0.3 is 15.0 Å². The lowest BCUT2D eigenvalue weighted by molar-refractivity contribution is 0.153. The third-order valence-corrected chi connectivity index (χ3v) is 2.50. The van der Waals surface area contributed by atoms with Crippen molar-refractivity contribution in [2.75, 3.05) is 7.05 Å². The highest BCUT2D eigenvalue weighted by atomic mass is 79.9. The number of carboxylic acid groups (broad SMARTS) is 1. The molecule has 84 valence electrons. The van der Waals surface area contributed by atoms with Gasteiger partial charge in [-0.15, -0.1) is 0 Å². The van der Waals surface area contributed by atoms with Crippen molar-refractivity contribution in [3.05, 3.63) is 22.6 Å². The fourth-order valence-corrected chi connectivity index (χ4v) is 1.62. The van der Waals surface area contributed by atoms with Crippen LogP contribution in [0.5, 0.6) is 0 Å². The van der Waals surface area contributed by atoms with E-state index in [1.165, 1.54) is 7.05 Å². The standard InChI is InChI=1S/C9H9BrN4O2/c1-14(9(15)16)4-7-12-6-2-5(10)3-11-8(6)13-7/h2-3H,4H2,1H3,(H,15,16)(H,11,12,13). The quantitative estimate of drug-likeness (QED) is 0.881. The summed E-state index contributed by atoms with van der Waals surface area (Å²) in [5.74, 6) is 0.575. The van der Waals surface area contributed by atoms with Crippen LogP contribution in [-0.4, -0.2) is 38.1 Å². The predicted molar refractivity (Wildman–Crippen MR) is 61.1 cm³/mol. The number of amides is 1. The smallest absolute Gasteiger partial charge is 0.407 e. The molecule has 0 aromatic carbocycles. The third kappa shape index (κ3) is 2.13. The molecule has 0 unspecified atom stereocenters. The Morgan fingerprint density at radius 2 is 2.44 bits per heavy atom. The number of nitrogens with one attached hydrogen (secondary N) is 1. The molecular formula is C9H9BrN4O2. The first-order chi connectivity index (χ1) is 7.56. The molecule has 16 heavy (non-hydrogen) atoms. The summed E-state index contributed by atoms with van der Waals surface area (Å²) in [6.07, 6.45) is 0.656. The molecule has 0 radical (unpaired) electrons. The van der Waals surface area contributed by atoms with Crippen molar-refractivity contribution < 1.29 is 9.90 Å². The Morgan fingerprint density at radius 1 is 1.69 bits per heavy atom. The van der Waals surface area contributed by atoms with E-state index in [1.54, 1.807) is 6.20 Å². The summed E-state index contributed by atoms with van der Waals surface area (Å²) in [4.78, 5) is 23.1. The van der Waals surface area contributed by atoms with Crippen LogP contribution in [0.2, 0.25) is 0 Å². The second kappa shape index (κ2) is 4.09. The molecule has 0 saturated carbocycles. The molecule has 2 aromatic rings. The summed E-state index contributed by atoms with van der Waals surface area (Å²) < 4.78 is 0.849. The normalized spacial score (nSPS) is 10.6. The number of fused-ring (bicyclic) bond motifs is 1. The molecule has 6 nitrogen and oxygen atoms in total. The summed E-state index contributed by atoms with van der Waals surface area (Å²) in [6.45, 7) is 0.212. The molecule has 2 heterocycles. The molecule has 0 aliphatic rings. The lowest BCUT2D eigenvalue weighted by atomic mass is 10.4. The van der Waals surface area contributed by atoms with Crippen molar-refractivity contribution in [1.82, 2.24) is 19.9 Å². The summed E-state index contributed by atoms with van der Waals surface area (Å²) >= 11 is 3.30. The maximum absolute atomic E-state index is 10.6. The zero-order chi connectivity index (χ0) is 11.7. The van der Waals surface area contributed by atoms with Crippen LogP contribution in [0.15, 0.2) is 16.7 Å². The van der Waals surface area contributed by atoms with E-state index in [2.05, 4.69) is 30.9 Å². The molecule has 0 aliphatic heterocycles. The van der Waals surface area contributed by atoms with Crippen LogP contribution in [0.1, 0.15) is 5.82 Å². The number of imidazole rings is 1. The molecule has 0 bridgehead atoms. The number of aromatic nitrogens is 3. The number of hydrogen-bond donors (Lipinski definition) is 2. The van der Waals surface area contributed by atoms with Gasteiger partial charge >= 0.3 is 6.09 Å². The molecule has 2 aromatic heterocycles. The van der Waals surface area contributed by atoms with E-state index in [-0.39, 0.29) is 6.54 Å². The van der Waals surface area contributed by atoms with Gasteiger partial charge in [0.1, 0.15) is 5.82 Å². The average Bonchev–Trinajstić information content (AvgIpc) is 2.58. The van der Waals surface area contributed by atoms with Gasteiger partial charge in [-0.3, -0.25) is 0 Å². The van der Waals surface area contributed by atoms with E-state index < -0.39 is 6.09 Å². The summed E-state index contributed by atoms with van der Waals surface area (Å²) in [5, 5.41) is 8.72. The second-order valence-electron chi connectivity index (χ2n) is 3.35. The van der Waals surface area contributed by atoms with E-state index in [0.717, 1.165) is 14.9 Å². The van der Waals surface area contributed by atoms with E-state index in [9.17, 15) is 4.79 Å². The second-order valence-corrected chi connectivity index (χ2v) is 4.26. The molecule has 2 rings (SSSR count). The largest absolute Gasteiger partial charge is 0.465 e. The molecular weight excluding hydrogens is 276 g/mol. The Balaban J connectivity index is 2.29. The Bertz CT molecular complexity index is 539. The number of nitrogens with zero attached hydrogens (tertiary/aromatic N) is 3. The number of H-pyrrole nitrogens is 1. The molecule has 0 saturated heterocycles. The highest BCUT2D eigenvalue weighted by Crippen LogP contribution is 2.15. The SMILES string of the molecule is CN(Cc1nc2ncc(Br)cc2[nH]1)C(=O)O. The van der Waals surface area contributed by atoms with Crippen LogP contribution < -0.4 is 0 Å². The molecule has 0 fully saturated rings. The summed E-state index contributed by atoms with van der Waals surface area (Å²) in [5.41, 5.74) is 1.36. The lowest BCUT2D eigenvalue weighted by Gasteiger charge is -2.09. The van der Waals surface area contributed by atoms with Crippen molar-refractivity contribution in [2.45, 2.75) is 6.54 Å². The van der Waals surface area contributed by atoms with Crippen LogP contribution in [0, 0.1) is 0 Å². The van der Waals surface area contributed by atoms with Crippen LogP contribution >= 0.6 is 15.9 Å². The number of pyridine rings is 1. The summed E-state index contributed by atoms with van der Waals surface area (Å²) in [7, 11) is 1.48. The zero-order valence-corrected chi connectivity index (χ0v) is 10.0. The first-order valence-corrected chi connectivity index (χ1v) is 5.30. The highest BCUT2D eigenvalue weighted by molar-refractivity contribution is 9.10. The number of halogens is 1. The minimum absolute atomic E-state index is 0.212. The van der Waals surface area contributed by atoms with Crippen LogP contribution in [0.3, 0.4) is 0 Å². The van der Waals surface area contributed by atoms with E-state index in [4.69, 9.17) is 5.11 Å². The third-order valence-electron chi connectivity index (χ3n) is 2.07. The minimum atomic E-state index is -0.991. The number of carbonyl (C=O) groups is 1. The summed E-state index contributed by atoms with van der Waals surface area (Å²) in [6, 6.07) is 1.85. The van der Waals surface area contributed by atoms with Gasteiger partial charge in [-0.2, -0.15) is 0 Å². The van der Waals surface area contributed by atoms with Crippen molar-refractivity contribution in [3.8, 4) is 0 Å². The van der Waals surface area contributed by atoms with E-state index in [1.807, 2.05) is 6.07 Å². The van der Waals surface area contributed by atoms with Gasteiger partial charge in [0.05, 0.1) is 12.1 Å². The molecule has 0 atom stereocenters. The van der Waals surface area contributed by atoms with Gasteiger partial charge in [-0.05, 0) is 22.0 Å². The van der Waals surface area contributed by atoms with Crippen molar-refractivity contribution in [2.24, 2.45) is 0 Å². The Labute approximate surface area is 99.4 Å². The zero-order valence-electron chi connectivity index (χ0n) is 8.44. The van der Waals surface area contributed by atoms with Gasteiger partial charge in [-0.1, -0.05) is 0 Å². The molecule has 0 spiro atoms. The van der Waals surface area contributed by atoms with Crippen LogP contribution in [0.25, 0.3) is 11.2 Å². The number of aromatic amines is 1. The van der Waals surface area contributed by atoms with E-state index >= 15 is 0 Å². The lowest BCUT2D eigenvalue weighted by Crippen LogP contribution is -2.24. The predicted octanol–water partition coefficient (Wildman–Crippen LogP) is 1.83. The Hall–Kier alpha value is -1.63. The first-order valence-electron chi connectivity index (χ1n) is 4.50. The maximum atomic E-state index is 10.6. The average molecular weight is 285 g/mol. The maximum Gasteiger partial charge on any atom is 0.407 e. The van der Waals surface area contributed by atoms with Gasteiger partial charge in [0, 0.05) is 17.7 Å². The van der Waals surface area contributed by atoms with Crippen molar-refractivity contribution in [1.29, 1.82) is 0 Å². The fraction of sp³-hybridized carbons (Fsp3) is 0.222. The monoisotopic (exact) mass is 284 g/mol. The first kappa shape index (κ1) is 10.9. The molecule has 2 N–H and O–H groups in total. The van der Waals surface area contributed by atoms with Gasteiger partial charge in [0.2, 0.25) is 0 Å². The van der Waals surface area contributed by atoms with Crippen LogP contribution in [0.4, 0.5) is 4.79 Å². The molecule has 7 heteroatoms. The Morgan fingerprint density at radius 3 is 3.12 bits per heavy atom.